The zero-order valence-electron chi connectivity index (χ0n) is 14.1. The van der Waals surface area contributed by atoms with Gasteiger partial charge in [0, 0.05) is 40.0 Å². The predicted octanol–water partition coefficient (Wildman–Crippen LogP) is 2.05. The van der Waals surface area contributed by atoms with Gasteiger partial charge in [0.1, 0.15) is 0 Å². The van der Waals surface area contributed by atoms with Gasteiger partial charge in [0.2, 0.25) is 11.8 Å². The molecule has 2 rings (SSSR count). The van der Waals surface area contributed by atoms with Gasteiger partial charge in [-0.3, -0.25) is 9.59 Å². The molecule has 1 heterocycles. The second kappa shape index (κ2) is 8.51. The van der Waals surface area contributed by atoms with Crippen LogP contribution in [0, 0.1) is 5.92 Å². The van der Waals surface area contributed by atoms with Crippen LogP contribution in [0.5, 0.6) is 0 Å². The Hall–Kier alpha value is -1.10. The molecule has 2 fully saturated rings. The van der Waals surface area contributed by atoms with Crippen LogP contribution in [0.25, 0.3) is 0 Å². The Kier molecular flexibility index (Phi) is 6.68. The molecule has 0 radical (unpaired) electrons. The summed E-state index contributed by atoms with van der Waals surface area (Å²) in [5.41, 5.74) is 0. The Labute approximate surface area is 134 Å². The number of carbonyl (C=O) groups is 2. The molecule has 0 N–H and O–H groups in total. The van der Waals surface area contributed by atoms with Gasteiger partial charge in [0.25, 0.3) is 0 Å². The van der Waals surface area contributed by atoms with Crippen molar-refractivity contribution in [2.45, 2.75) is 57.5 Å². The molecule has 0 bridgehead atoms. The average molecular weight is 310 g/mol. The maximum absolute atomic E-state index is 12.3. The summed E-state index contributed by atoms with van der Waals surface area (Å²) in [5, 5.41) is 0. The molecule has 0 aromatic heterocycles. The summed E-state index contributed by atoms with van der Waals surface area (Å²) in [5.74, 6) is 0.872. The van der Waals surface area contributed by atoms with E-state index in [1.165, 1.54) is 32.1 Å². The number of rotatable bonds is 5. The molecule has 5 nitrogen and oxygen atoms in total. The fourth-order valence-electron chi connectivity index (χ4n) is 3.48. The SMILES string of the molecule is CN(C)C(=O)CCC(=O)N1CCO[C@@H](CC2CCCCC2)C1. The third kappa shape index (κ3) is 5.27. The van der Waals surface area contributed by atoms with Crippen LogP contribution in [-0.2, 0) is 14.3 Å². The van der Waals surface area contributed by atoms with E-state index < -0.39 is 0 Å². The fraction of sp³-hybridized carbons (Fsp3) is 0.882. The molecule has 2 amide bonds. The van der Waals surface area contributed by atoms with Crippen LogP contribution in [0.15, 0.2) is 0 Å². The molecule has 22 heavy (non-hydrogen) atoms. The topological polar surface area (TPSA) is 49.9 Å². The summed E-state index contributed by atoms with van der Waals surface area (Å²) in [6.07, 6.45) is 8.55. The second-order valence-electron chi connectivity index (χ2n) is 6.86. The first-order valence-electron chi connectivity index (χ1n) is 8.66. The second-order valence-corrected chi connectivity index (χ2v) is 6.86. The zero-order chi connectivity index (χ0) is 15.9. The molecule has 2 aliphatic rings. The number of morpholine rings is 1. The average Bonchev–Trinajstić information content (AvgIpc) is 2.53. The minimum atomic E-state index is 0.0142. The molecule has 5 heteroatoms. The van der Waals surface area contributed by atoms with Crippen molar-refractivity contribution >= 4 is 11.8 Å². The zero-order valence-corrected chi connectivity index (χ0v) is 14.1. The Balaban J connectivity index is 1.74. The molecule has 1 saturated carbocycles. The lowest BCUT2D eigenvalue weighted by Crippen LogP contribution is -2.46. The van der Waals surface area contributed by atoms with Crippen molar-refractivity contribution < 1.29 is 14.3 Å². The van der Waals surface area contributed by atoms with Gasteiger partial charge in [-0.2, -0.15) is 0 Å². The molecule has 1 atom stereocenters. The molecule has 1 saturated heterocycles. The lowest BCUT2D eigenvalue weighted by Gasteiger charge is -2.35. The quantitative estimate of drug-likeness (QED) is 0.781. The maximum Gasteiger partial charge on any atom is 0.223 e. The van der Waals surface area contributed by atoms with E-state index in [4.69, 9.17) is 4.74 Å². The molecule has 1 aliphatic carbocycles. The van der Waals surface area contributed by atoms with Crippen molar-refractivity contribution in [1.82, 2.24) is 9.80 Å². The fourth-order valence-corrected chi connectivity index (χ4v) is 3.48. The molecule has 1 aliphatic heterocycles. The molecular formula is C17H30N2O3. The Bertz CT molecular complexity index is 378. The van der Waals surface area contributed by atoms with Crippen molar-refractivity contribution in [3.63, 3.8) is 0 Å². The van der Waals surface area contributed by atoms with E-state index in [-0.39, 0.29) is 17.9 Å². The molecule has 0 unspecified atom stereocenters. The highest BCUT2D eigenvalue weighted by Crippen LogP contribution is 2.29. The van der Waals surface area contributed by atoms with Crippen LogP contribution in [0.4, 0.5) is 0 Å². The van der Waals surface area contributed by atoms with E-state index in [1.54, 1.807) is 19.0 Å². The maximum atomic E-state index is 12.3. The monoisotopic (exact) mass is 310 g/mol. The van der Waals surface area contributed by atoms with Crippen molar-refractivity contribution in [3.05, 3.63) is 0 Å². The number of hydrogen-bond donors (Lipinski definition) is 0. The van der Waals surface area contributed by atoms with Gasteiger partial charge in [0.15, 0.2) is 0 Å². The van der Waals surface area contributed by atoms with Crippen LogP contribution in [-0.4, -0.2) is 61.5 Å². The first kappa shape index (κ1) is 17.3. The lowest BCUT2D eigenvalue weighted by molar-refractivity contribution is -0.142. The first-order valence-corrected chi connectivity index (χ1v) is 8.66. The van der Waals surface area contributed by atoms with Crippen molar-refractivity contribution in [3.8, 4) is 0 Å². The van der Waals surface area contributed by atoms with Gasteiger partial charge in [-0.1, -0.05) is 32.1 Å². The number of nitrogens with zero attached hydrogens (tertiary/aromatic N) is 2. The molecule has 0 aromatic rings. The van der Waals surface area contributed by atoms with Gasteiger partial charge < -0.3 is 14.5 Å². The summed E-state index contributed by atoms with van der Waals surface area (Å²) in [4.78, 5) is 27.3. The molecule has 0 aromatic carbocycles. The Morgan fingerprint density at radius 3 is 2.55 bits per heavy atom. The van der Waals surface area contributed by atoms with Crippen LogP contribution < -0.4 is 0 Å². The molecular weight excluding hydrogens is 280 g/mol. The summed E-state index contributed by atoms with van der Waals surface area (Å²) in [6, 6.07) is 0. The summed E-state index contributed by atoms with van der Waals surface area (Å²) in [6.45, 7) is 1.99. The molecule has 0 spiro atoms. The highest BCUT2D eigenvalue weighted by Gasteiger charge is 2.27. The summed E-state index contributed by atoms with van der Waals surface area (Å²) >= 11 is 0. The minimum absolute atomic E-state index is 0.0142. The highest BCUT2D eigenvalue weighted by atomic mass is 16.5. The lowest BCUT2D eigenvalue weighted by atomic mass is 9.85. The van der Waals surface area contributed by atoms with E-state index in [9.17, 15) is 9.59 Å². The smallest absolute Gasteiger partial charge is 0.223 e. The van der Waals surface area contributed by atoms with E-state index in [2.05, 4.69) is 0 Å². The largest absolute Gasteiger partial charge is 0.375 e. The van der Waals surface area contributed by atoms with Crippen LogP contribution >= 0.6 is 0 Å². The molecule has 126 valence electrons. The first-order chi connectivity index (χ1) is 10.6. The van der Waals surface area contributed by atoms with E-state index in [1.807, 2.05) is 4.90 Å². The minimum Gasteiger partial charge on any atom is -0.375 e. The van der Waals surface area contributed by atoms with Crippen LogP contribution in [0.2, 0.25) is 0 Å². The normalized spacial score (nSPS) is 23.4. The van der Waals surface area contributed by atoms with Gasteiger partial charge in [0.05, 0.1) is 12.7 Å². The third-order valence-corrected chi connectivity index (χ3v) is 4.86. The number of carbonyl (C=O) groups excluding carboxylic acids is 2. The standard InChI is InChI=1S/C17H30N2O3/c1-18(2)16(20)8-9-17(21)19-10-11-22-15(13-19)12-14-6-4-3-5-7-14/h14-15H,3-13H2,1-2H3/t15-/m0/s1. The van der Waals surface area contributed by atoms with Crippen molar-refractivity contribution in [2.75, 3.05) is 33.8 Å². The Morgan fingerprint density at radius 1 is 1.14 bits per heavy atom. The van der Waals surface area contributed by atoms with E-state index in [0.717, 1.165) is 12.3 Å². The summed E-state index contributed by atoms with van der Waals surface area (Å²) < 4.78 is 5.86. The predicted molar refractivity (Wildman–Crippen MR) is 85.4 cm³/mol. The van der Waals surface area contributed by atoms with Gasteiger partial charge in [-0.05, 0) is 12.3 Å². The highest BCUT2D eigenvalue weighted by molar-refractivity contribution is 5.83. The Morgan fingerprint density at radius 2 is 1.86 bits per heavy atom. The van der Waals surface area contributed by atoms with Gasteiger partial charge in [-0.15, -0.1) is 0 Å². The number of hydrogen-bond acceptors (Lipinski definition) is 3. The van der Waals surface area contributed by atoms with E-state index >= 15 is 0 Å². The van der Waals surface area contributed by atoms with Crippen molar-refractivity contribution in [2.24, 2.45) is 5.92 Å². The summed E-state index contributed by atoms with van der Waals surface area (Å²) in [7, 11) is 3.45. The van der Waals surface area contributed by atoms with E-state index in [0.29, 0.717) is 32.5 Å². The van der Waals surface area contributed by atoms with Gasteiger partial charge >= 0.3 is 0 Å². The van der Waals surface area contributed by atoms with Crippen molar-refractivity contribution in [1.29, 1.82) is 0 Å². The van der Waals surface area contributed by atoms with Crippen LogP contribution in [0.3, 0.4) is 0 Å². The third-order valence-electron chi connectivity index (χ3n) is 4.86. The number of amides is 2. The van der Waals surface area contributed by atoms with Gasteiger partial charge in [-0.25, -0.2) is 0 Å². The van der Waals surface area contributed by atoms with Crippen LogP contribution in [0.1, 0.15) is 51.4 Å². The number of ether oxygens (including phenoxy) is 1.